The van der Waals surface area contributed by atoms with Crippen LogP contribution in [0, 0.1) is 6.92 Å². The molecule has 0 saturated carbocycles. The van der Waals surface area contributed by atoms with Crippen LogP contribution in [0.3, 0.4) is 0 Å². The highest BCUT2D eigenvalue weighted by Gasteiger charge is 2.11. The maximum Gasteiger partial charge on any atom is 0.258 e. The van der Waals surface area contributed by atoms with Crippen LogP contribution in [-0.4, -0.2) is 10.1 Å². The van der Waals surface area contributed by atoms with Crippen molar-refractivity contribution in [3.63, 3.8) is 0 Å². The fourth-order valence-electron chi connectivity index (χ4n) is 1.26. The normalized spacial score (nSPS) is 10.6. The van der Waals surface area contributed by atoms with E-state index in [0.717, 1.165) is 11.1 Å². The summed E-state index contributed by atoms with van der Waals surface area (Å²) < 4.78 is 5.13. The Morgan fingerprint density at radius 3 is 2.93 bits per heavy atom. The fraction of sp³-hybridized carbons (Fsp3) is 0.200. The molecule has 0 aliphatic carbocycles. The van der Waals surface area contributed by atoms with Crippen LogP contribution in [0.1, 0.15) is 11.4 Å². The SMILES string of the molecule is Cc1c(Cl)cccc1-c1nc(CBr)no1. The second-order valence-electron chi connectivity index (χ2n) is 3.06. The molecule has 1 aromatic carbocycles. The zero-order chi connectivity index (χ0) is 10.8. The summed E-state index contributed by atoms with van der Waals surface area (Å²) >= 11 is 9.27. The lowest BCUT2D eigenvalue weighted by molar-refractivity contribution is 0.425. The van der Waals surface area contributed by atoms with E-state index < -0.39 is 0 Å². The van der Waals surface area contributed by atoms with E-state index in [2.05, 4.69) is 26.1 Å². The number of halogens is 2. The molecule has 1 aromatic heterocycles. The van der Waals surface area contributed by atoms with Gasteiger partial charge >= 0.3 is 0 Å². The summed E-state index contributed by atoms with van der Waals surface area (Å²) in [5, 5.41) is 5.09. The smallest absolute Gasteiger partial charge is 0.258 e. The summed E-state index contributed by atoms with van der Waals surface area (Å²) in [6, 6.07) is 5.61. The van der Waals surface area contributed by atoms with Crippen molar-refractivity contribution in [3.8, 4) is 11.5 Å². The average Bonchev–Trinajstić information content (AvgIpc) is 2.70. The highest BCUT2D eigenvalue weighted by atomic mass is 79.9. The Morgan fingerprint density at radius 1 is 1.47 bits per heavy atom. The quantitative estimate of drug-likeness (QED) is 0.792. The highest BCUT2D eigenvalue weighted by Crippen LogP contribution is 2.27. The molecule has 2 aromatic rings. The first-order chi connectivity index (χ1) is 7.22. The number of alkyl halides is 1. The minimum absolute atomic E-state index is 0.504. The molecule has 1 heterocycles. The van der Waals surface area contributed by atoms with Gasteiger partial charge in [-0.2, -0.15) is 4.98 Å². The summed E-state index contributed by atoms with van der Waals surface area (Å²) in [6.07, 6.45) is 0. The van der Waals surface area contributed by atoms with Gasteiger partial charge in [-0.25, -0.2) is 0 Å². The minimum Gasteiger partial charge on any atom is -0.334 e. The van der Waals surface area contributed by atoms with E-state index in [4.69, 9.17) is 16.1 Å². The first-order valence-corrected chi connectivity index (χ1v) is 5.86. The molecule has 0 atom stereocenters. The number of hydrogen-bond donors (Lipinski definition) is 0. The van der Waals surface area contributed by atoms with E-state index in [1.165, 1.54) is 0 Å². The molecule has 0 amide bonds. The summed E-state index contributed by atoms with van der Waals surface area (Å²) in [5.41, 5.74) is 1.83. The van der Waals surface area contributed by atoms with Crippen molar-refractivity contribution >= 4 is 27.5 Å². The number of rotatable bonds is 2. The van der Waals surface area contributed by atoms with Crippen LogP contribution in [0.4, 0.5) is 0 Å². The van der Waals surface area contributed by atoms with E-state index in [1.54, 1.807) is 0 Å². The van der Waals surface area contributed by atoms with Crippen molar-refractivity contribution < 1.29 is 4.52 Å². The van der Waals surface area contributed by atoms with Gasteiger partial charge in [-0.05, 0) is 24.6 Å². The molecule has 78 valence electrons. The predicted octanol–water partition coefficient (Wildman–Crippen LogP) is 3.59. The molecule has 5 heteroatoms. The van der Waals surface area contributed by atoms with Crippen molar-refractivity contribution in [3.05, 3.63) is 34.6 Å². The number of nitrogens with zero attached hydrogens (tertiary/aromatic N) is 2. The second-order valence-corrected chi connectivity index (χ2v) is 4.03. The van der Waals surface area contributed by atoms with E-state index in [-0.39, 0.29) is 0 Å². The van der Waals surface area contributed by atoms with Crippen LogP contribution in [0.25, 0.3) is 11.5 Å². The highest BCUT2D eigenvalue weighted by molar-refractivity contribution is 9.08. The predicted molar refractivity (Wildman–Crippen MR) is 62.1 cm³/mol. The molecule has 0 spiro atoms. The summed E-state index contributed by atoms with van der Waals surface area (Å²) in [5.74, 6) is 1.13. The fourth-order valence-corrected chi connectivity index (χ4v) is 1.66. The first-order valence-electron chi connectivity index (χ1n) is 4.36. The summed E-state index contributed by atoms with van der Waals surface area (Å²) in [4.78, 5) is 4.22. The standard InChI is InChI=1S/C10H8BrClN2O/c1-6-7(3-2-4-8(6)12)10-13-9(5-11)14-15-10/h2-4H,5H2,1H3. The molecule has 0 bridgehead atoms. The topological polar surface area (TPSA) is 38.9 Å². The molecule has 0 saturated heterocycles. The number of aromatic nitrogens is 2. The van der Waals surface area contributed by atoms with Gasteiger partial charge in [-0.1, -0.05) is 38.8 Å². The lowest BCUT2D eigenvalue weighted by Gasteiger charge is -2.01. The largest absolute Gasteiger partial charge is 0.334 e. The molecule has 0 aliphatic rings. The van der Waals surface area contributed by atoms with Gasteiger partial charge in [0.15, 0.2) is 5.82 Å². The van der Waals surface area contributed by atoms with Crippen LogP contribution in [-0.2, 0) is 5.33 Å². The van der Waals surface area contributed by atoms with Crippen LogP contribution in [0.5, 0.6) is 0 Å². The Balaban J connectivity index is 2.49. The molecule has 0 aliphatic heterocycles. The van der Waals surface area contributed by atoms with E-state index in [0.29, 0.717) is 22.1 Å². The zero-order valence-corrected chi connectivity index (χ0v) is 10.3. The Labute approximate surface area is 101 Å². The lowest BCUT2D eigenvalue weighted by atomic mass is 10.1. The Bertz CT molecular complexity index is 484. The molecular formula is C10H8BrClN2O. The molecule has 15 heavy (non-hydrogen) atoms. The average molecular weight is 288 g/mol. The van der Waals surface area contributed by atoms with Crippen molar-refractivity contribution in [2.75, 3.05) is 0 Å². The lowest BCUT2D eigenvalue weighted by Crippen LogP contribution is -1.85. The van der Waals surface area contributed by atoms with Crippen molar-refractivity contribution in [2.45, 2.75) is 12.3 Å². The first kappa shape index (κ1) is 10.6. The number of benzene rings is 1. The number of hydrogen-bond acceptors (Lipinski definition) is 3. The molecular weight excluding hydrogens is 279 g/mol. The Kier molecular flexibility index (Phi) is 3.07. The van der Waals surface area contributed by atoms with Gasteiger partial charge in [-0.3, -0.25) is 0 Å². The summed E-state index contributed by atoms with van der Waals surface area (Å²) in [6.45, 7) is 1.93. The van der Waals surface area contributed by atoms with E-state index >= 15 is 0 Å². The molecule has 2 rings (SSSR count). The van der Waals surface area contributed by atoms with Crippen LogP contribution < -0.4 is 0 Å². The van der Waals surface area contributed by atoms with Crippen LogP contribution in [0.15, 0.2) is 22.7 Å². The zero-order valence-electron chi connectivity index (χ0n) is 8.00. The Hall–Kier alpha value is -0.870. The molecule has 0 unspecified atom stereocenters. The van der Waals surface area contributed by atoms with Gasteiger partial charge in [0, 0.05) is 10.6 Å². The van der Waals surface area contributed by atoms with Crippen molar-refractivity contribution in [1.29, 1.82) is 0 Å². The maximum absolute atomic E-state index is 6.01. The van der Waals surface area contributed by atoms with Gasteiger partial charge in [0.25, 0.3) is 5.89 Å². The summed E-state index contributed by atoms with van der Waals surface area (Å²) in [7, 11) is 0. The molecule has 0 radical (unpaired) electrons. The molecule has 3 nitrogen and oxygen atoms in total. The van der Waals surface area contributed by atoms with Crippen molar-refractivity contribution in [1.82, 2.24) is 10.1 Å². The van der Waals surface area contributed by atoms with E-state index in [1.807, 2.05) is 25.1 Å². The second kappa shape index (κ2) is 4.33. The third kappa shape index (κ3) is 2.06. The van der Waals surface area contributed by atoms with Gasteiger partial charge in [0.1, 0.15) is 0 Å². The minimum atomic E-state index is 0.504. The molecule has 0 fully saturated rings. The van der Waals surface area contributed by atoms with Gasteiger partial charge in [0.2, 0.25) is 0 Å². The van der Waals surface area contributed by atoms with Gasteiger partial charge < -0.3 is 4.52 Å². The van der Waals surface area contributed by atoms with Crippen LogP contribution in [0.2, 0.25) is 5.02 Å². The van der Waals surface area contributed by atoms with E-state index in [9.17, 15) is 0 Å². The third-order valence-electron chi connectivity index (χ3n) is 2.09. The van der Waals surface area contributed by atoms with Gasteiger partial charge in [0.05, 0.1) is 5.33 Å². The molecule has 0 N–H and O–H groups in total. The Morgan fingerprint density at radius 2 is 2.27 bits per heavy atom. The van der Waals surface area contributed by atoms with Gasteiger partial charge in [-0.15, -0.1) is 0 Å². The maximum atomic E-state index is 6.01. The van der Waals surface area contributed by atoms with Crippen LogP contribution >= 0.6 is 27.5 Å². The monoisotopic (exact) mass is 286 g/mol. The van der Waals surface area contributed by atoms with Crippen molar-refractivity contribution in [2.24, 2.45) is 0 Å². The third-order valence-corrected chi connectivity index (χ3v) is 3.00.